The monoisotopic (exact) mass is 257 g/mol. The molecule has 2 N–H and O–H groups in total. The van der Waals surface area contributed by atoms with Crippen molar-refractivity contribution >= 4 is 17.1 Å². The largest absolute Gasteiger partial charge is 0.478 e. The van der Waals surface area contributed by atoms with E-state index in [1.165, 1.54) is 12.3 Å². The Hall–Kier alpha value is -2.70. The predicted octanol–water partition coefficient (Wildman–Crippen LogP) is 1.37. The quantitative estimate of drug-likeness (QED) is 0.722. The first-order valence-electron chi connectivity index (χ1n) is 5.65. The number of nitrogens with one attached hydrogen (secondary N) is 1. The first-order valence-corrected chi connectivity index (χ1v) is 5.65. The van der Waals surface area contributed by atoms with Crippen molar-refractivity contribution in [3.63, 3.8) is 0 Å². The maximum Gasteiger partial charge on any atom is 0.338 e. The van der Waals surface area contributed by atoms with Crippen molar-refractivity contribution in [1.29, 1.82) is 0 Å². The summed E-state index contributed by atoms with van der Waals surface area (Å²) in [6.07, 6.45) is 3.12. The Morgan fingerprint density at radius 3 is 2.89 bits per heavy atom. The highest BCUT2D eigenvalue weighted by molar-refractivity contribution is 6.00. The smallest absolute Gasteiger partial charge is 0.338 e. The zero-order valence-corrected chi connectivity index (χ0v) is 10.4. The van der Waals surface area contributed by atoms with Crippen molar-refractivity contribution in [1.82, 2.24) is 24.7 Å². The molecular formula is C12H11N5O2. The molecule has 7 nitrogen and oxygen atoms in total. The fourth-order valence-corrected chi connectivity index (χ4v) is 1.95. The number of carboxylic acids is 1. The van der Waals surface area contributed by atoms with Crippen LogP contribution < -0.4 is 0 Å². The van der Waals surface area contributed by atoms with Gasteiger partial charge in [-0.2, -0.15) is 5.10 Å². The minimum Gasteiger partial charge on any atom is -0.478 e. The first kappa shape index (κ1) is 11.4. The Balaban J connectivity index is 2.25. The molecule has 0 bridgehead atoms. The highest BCUT2D eigenvalue weighted by Crippen LogP contribution is 2.23. The van der Waals surface area contributed by atoms with Gasteiger partial charge in [-0.15, -0.1) is 0 Å². The summed E-state index contributed by atoms with van der Waals surface area (Å²) in [4.78, 5) is 22.5. The molecule has 0 aromatic carbocycles. The lowest BCUT2D eigenvalue weighted by molar-refractivity contribution is 0.0699. The number of hydrogen-bond donors (Lipinski definition) is 2. The van der Waals surface area contributed by atoms with Crippen LogP contribution in [0.15, 0.2) is 18.5 Å². The summed E-state index contributed by atoms with van der Waals surface area (Å²) in [5, 5.41) is 13.3. The standard InChI is InChI=1S/C12H11N5O2/c1-6-8(5-14-17(6)2)10-15-9-7(12(18)19)3-4-13-11(9)16-10/h3-5H,1-2H3,(H,18,19)(H,13,15,16). The zero-order valence-electron chi connectivity index (χ0n) is 10.4. The van der Waals surface area contributed by atoms with Crippen LogP contribution >= 0.6 is 0 Å². The van der Waals surface area contributed by atoms with Gasteiger partial charge in [0.1, 0.15) is 5.82 Å². The van der Waals surface area contributed by atoms with E-state index in [0.717, 1.165) is 11.3 Å². The molecular weight excluding hydrogens is 246 g/mol. The zero-order chi connectivity index (χ0) is 13.6. The van der Waals surface area contributed by atoms with Crippen LogP contribution in [-0.2, 0) is 7.05 Å². The minimum absolute atomic E-state index is 0.158. The summed E-state index contributed by atoms with van der Waals surface area (Å²) in [7, 11) is 1.84. The summed E-state index contributed by atoms with van der Waals surface area (Å²) in [6.45, 7) is 1.92. The lowest BCUT2D eigenvalue weighted by Crippen LogP contribution is -1.97. The Kier molecular flexibility index (Phi) is 2.34. The van der Waals surface area contributed by atoms with Crippen LogP contribution in [0, 0.1) is 6.92 Å². The molecule has 0 aliphatic rings. The Morgan fingerprint density at radius 2 is 2.26 bits per heavy atom. The number of imidazole rings is 1. The van der Waals surface area contributed by atoms with E-state index < -0.39 is 5.97 Å². The number of carboxylic acid groups (broad SMARTS) is 1. The van der Waals surface area contributed by atoms with Crippen LogP contribution in [-0.4, -0.2) is 35.8 Å². The molecule has 0 fully saturated rings. The number of aryl methyl sites for hydroxylation is 1. The maximum absolute atomic E-state index is 11.1. The fourth-order valence-electron chi connectivity index (χ4n) is 1.95. The Bertz CT molecular complexity index is 787. The molecule has 0 saturated carbocycles. The molecule has 96 valence electrons. The van der Waals surface area contributed by atoms with E-state index in [1.807, 2.05) is 14.0 Å². The molecule has 3 heterocycles. The van der Waals surface area contributed by atoms with Gasteiger partial charge in [-0.1, -0.05) is 0 Å². The maximum atomic E-state index is 11.1. The molecule has 0 spiro atoms. The van der Waals surface area contributed by atoms with Crippen LogP contribution in [0.2, 0.25) is 0 Å². The molecule has 3 aromatic heterocycles. The molecule has 19 heavy (non-hydrogen) atoms. The van der Waals surface area contributed by atoms with E-state index in [9.17, 15) is 4.79 Å². The van der Waals surface area contributed by atoms with E-state index >= 15 is 0 Å². The van der Waals surface area contributed by atoms with Crippen LogP contribution in [0.1, 0.15) is 16.1 Å². The van der Waals surface area contributed by atoms with E-state index in [2.05, 4.69) is 20.1 Å². The second kappa shape index (κ2) is 3.91. The number of rotatable bonds is 2. The second-order valence-corrected chi connectivity index (χ2v) is 4.21. The SMILES string of the molecule is Cc1c(-c2nc3nccc(C(=O)O)c3[nH]2)cnn1C. The summed E-state index contributed by atoms with van der Waals surface area (Å²) in [5.74, 6) is -0.438. The van der Waals surface area contributed by atoms with Gasteiger partial charge in [0, 0.05) is 18.9 Å². The molecule has 0 amide bonds. The number of aromatic carboxylic acids is 1. The van der Waals surface area contributed by atoms with Gasteiger partial charge in [0.05, 0.1) is 22.8 Å². The van der Waals surface area contributed by atoms with Crippen molar-refractivity contribution in [3.05, 3.63) is 29.7 Å². The molecule has 0 unspecified atom stereocenters. The fraction of sp³-hybridized carbons (Fsp3) is 0.167. The molecule has 0 radical (unpaired) electrons. The van der Waals surface area contributed by atoms with Crippen molar-refractivity contribution in [2.45, 2.75) is 6.92 Å². The van der Waals surface area contributed by atoms with Crippen LogP contribution in [0.25, 0.3) is 22.6 Å². The highest BCUT2D eigenvalue weighted by Gasteiger charge is 2.16. The predicted molar refractivity (Wildman–Crippen MR) is 67.8 cm³/mol. The van der Waals surface area contributed by atoms with Gasteiger partial charge in [-0.25, -0.2) is 14.8 Å². The van der Waals surface area contributed by atoms with Gasteiger partial charge in [0.25, 0.3) is 0 Å². The van der Waals surface area contributed by atoms with Gasteiger partial charge in [0.2, 0.25) is 0 Å². The van der Waals surface area contributed by atoms with Gasteiger partial charge in [-0.3, -0.25) is 4.68 Å². The number of aromatic nitrogens is 5. The van der Waals surface area contributed by atoms with Crippen molar-refractivity contribution in [3.8, 4) is 11.4 Å². The number of carbonyl (C=O) groups is 1. The van der Waals surface area contributed by atoms with E-state index in [-0.39, 0.29) is 5.56 Å². The average Bonchev–Trinajstić information content (AvgIpc) is 2.93. The average molecular weight is 257 g/mol. The lowest BCUT2D eigenvalue weighted by Gasteiger charge is -1.96. The third-order valence-corrected chi connectivity index (χ3v) is 3.11. The second-order valence-electron chi connectivity index (χ2n) is 4.21. The summed E-state index contributed by atoms with van der Waals surface area (Å²) in [6, 6.07) is 1.45. The minimum atomic E-state index is -1.01. The summed E-state index contributed by atoms with van der Waals surface area (Å²) >= 11 is 0. The molecule has 0 saturated heterocycles. The molecule has 3 rings (SSSR count). The van der Waals surface area contributed by atoms with E-state index in [0.29, 0.717) is 17.0 Å². The molecule has 7 heteroatoms. The highest BCUT2D eigenvalue weighted by atomic mass is 16.4. The van der Waals surface area contributed by atoms with Gasteiger partial charge >= 0.3 is 5.97 Å². The van der Waals surface area contributed by atoms with E-state index in [4.69, 9.17) is 5.11 Å². The summed E-state index contributed by atoms with van der Waals surface area (Å²) in [5.41, 5.74) is 2.74. The van der Waals surface area contributed by atoms with Crippen molar-refractivity contribution < 1.29 is 9.90 Å². The van der Waals surface area contributed by atoms with Crippen LogP contribution in [0.4, 0.5) is 0 Å². The van der Waals surface area contributed by atoms with Gasteiger partial charge < -0.3 is 10.1 Å². The normalized spacial score (nSPS) is 11.1. The topological polar surface area (TPSA) is 96.7 Å². The molecule has 0 aliphatic carbocycles. The first-order chi connectivity index (χ1) is 9.08. The molecule has 0 aliphatic heterocycles. The van der Waals surface area contributed by atoms with Crippen molar-refractivity contribution in [2.24, 2.45) is 7.05 Å². The van der Waals surface area contributed by atoms with Crippen LogP contribution in [0.5, 0.6) is 0 Å². The third-order valence-electron chi connectivity index (χ3n) is 3.11. The number of hydrogen-bond acceptors (Lipinski definition) is 4. The number of pyridine rings is 1. The summed E-state index contributed by atoms with van der Waals surface area (Å²) < 4.78 is 1.73. The Morgan fingerprint density at radius 1 is 1.47 bits per heavy atom. The van der Waals surface area contributed by atoms with Gasteiger partial charge in [0.15, 0.2) is 5.65 Å². The van der Waals surface area contributed by atoms with Crippen molar-refractivity contribution in [2.75, 3.05) is 0 Å². The number of nitrogens with zero attached hydrogens (tertiary/aromatic N) is 4. The number of fused-ring (bicyclic) bond motifs is 1. The van der Waals surface area contributed by atoms with Crippen LogP contribution in [0.3, 0.4) is 0 Å². The van der Waals surface area contributed by atoms with Gasteiger partial charge in [-0.05, 0) is 13.0 Å². The lowest BCUT2D eigenvalue weighted by atomic mass is 10.2. The Labute approximate surface area is 107 Å². The third kappa shape index (κ3) is 1.67. The number of aromatic amines is 1. The number of H-pyrrole nitrogens is 1. The molecule has 3 aromatic rings. The van der Waals surface area contributed by atoms with E-state index in [1.54, 1.807) is 10.9 Å². The molecule has 0 atom stereocenters.